The highest BCUT2D eigenvalue weighted by atomic mass is 35.5. The number of benzene rings is 2. The minimum Gasteiger partial charge on any atom is -0.322 e. The van der Waals surface area contributed by atoms with Gasteiger partial charge in [0, 0.05) is 43.4 Å². The molecule has 1 aliphatic rings. The zero-order valence-electron chi connectivity index (χ0n) is 15.4. The van der Waals surface area contributed by atoms with Crippen molar-refractivity contribution in [1.82, 2.24) is 9.80 Å². The third kappa shape index (κ3) is 4.77. The topological polar surface area (TPSA) is 35.6 Å². The number of urea groups is 1. The predicted molar refractivity (Wildman–Crippen MR) is 108 cm³/mol. The van der Waals surface area contributed by atoms with Gasteiger partial charge < -0.3 is 10.2 Å². The van der Waals surface area contributed by atoms with Crippen LogP contribution in [0.1, 0.15) is 30.9 Å². The number of hydrogen-bond acceptors (Lipinski definition) is 2. The predicted octanol–water partition coefficient (Wildman–Crippen LogP) is 4.81. The number of anilines is 1. The maximum atomic E-state index is 12.4. The van der Waals surface area contributed by atoms with Gasteiger partial charge in [-0.05, 0) is 41.3 Å². The lowest BCUT2D eigenvalue weighted by molar-refractivity contribution is 0.142. The van der Waals surface area contributed by atoms with Gasteiger partial charge in [-0.25, -0.2) is 4.79 Å². The van der Waals surface area contributed by atoms with Crippen molar-refractivity contribution < 1.29 is 4.79 Å². The lowest BCUT2D eigenvalue weighted by Crippen LogP contribution is -2.49. The van der Waals surface area contributed by atoms with Gasteiger partial charge in [0.2, 0.25) is 0 Å². The summed E-state index contributed by atoms with van der Waals surface area (Å²) in [5, 5.41) is 3.60. The molecule has 0 saturated carbocycles. The van der Waals surface area contributed by atoms with Crippen LogP contribution >= 0.6 is 11.6 Å². The highest BCUT2D eigenvalue weighted by molar-refractivity contribution is 6.30. The summed E-state index contributed by atoms with van der Waals surface area (Å²) in [4.78, 5) is 16.7. The zero-order chi connectivity index (χ0) is 18.5. The summed E-state index contributed by atoms with van der Waals surface area (Å²) in [6.07, 6.45) is 0. The molecule has 2 aromatic rings. The molecule has 1 N–H and O–H groups in total. The molecule has 1 aliphatic heterocycles. The Morgan fingerprint density at radius 1 is 1.04 bits per heavy atom. The van der Waals surface area contributed by atoms with Crippen LogP contribution in [0.5, 0.6) is 0 Å². The molecule has 5 heteroatoms. The molecular weight excluding hydrogens is 346 g/mol. The second kappa shape index (κ2) is 8.56. The summed E-state index contributed by atoms with van der Waals surface area (Å²) in [7, 11) is 0. The fraction of sp³-hybridized carbons (Fsp3) is 0.381. The van der Waals surface area contributed by atoms with Crippen LogP contribution < -0.4 is 5.32 Å². The van der Waals surface area contributed by atoms with Gasteiger partial charge in [-0.3, -0.25) is 4.90 Å². The minimum atomic E-state index is -0.0467. The molecule has 0 aliphatic carbocycles. The first-order chi connectivity index (χ1) is 12.5. The maximum absolute atomic E-state index is 12.4. The van der Waals surface area contributed by atoms with Crippen LogP contribution in [0.25, 0.3) is 0 Å². The van der Waals surface area contributed by atoms with Gasteiger partial charge in [0.05, 0.1) is 0 Å². The summed E-state index contributed by atoms with van der Waals surface area (Å²) in [5.74, 6) is 0.526. The molecule has 0 atom stereocenters. The standard InChI is InChI=1S/C21H26ClN3O/c1-16(2)20-6-4-3-5-17(20)15-24-11-13-25(14-12-24)21(26)23-19-9-7-18(22)8-10-19/h3-10,16H,11-15H2,1-2H3,(H,23,26). The van der Waals surface area contributed by atoms with E-state index >= 15 is 0 Å². The number of carbonyl (C=O) groups is 1. The number of halogens is 1. The van der Waals surface area contributed by atoms with E-state index in [2.05, 4.69) is 48.3 Å². The highest BCUT2D eigenvalue weighted by Gasteiger charge is 2.22. The number of piperazine rings is 1. The largest absolute Gasteiger partial charge is 0.322 e. The number of hydrogen-bond donors (Lipinski definition) is 1. The molecule has 138 valence electrons. The average molecular weight is 372 g/mol. The Bertz CT molecular complexity index is 737. The van der Waals surface area contributed by atoms with Crippen LogP contribution in [0, 0.1) is 0 Å². The van der Waals surface area contributed by atoms with Crippen molar-refractivity contribution in [3.05, 3.63) is 64.7 Å². The SMILES string of the molecule is CC(C)c1ccccc1CN1CCN(C(=O)Nc2ccc(Cl)cc2)CC1. The molecule has 0 unspecified atom stereocenters. The first-order valence-electron chi connectivity index (χ1n) is 9.14. The molecule has 4 nitrogen and oxygen atoms in total. The van der Waals surface area contributed by atoms with Crippen LogP contribution in [-0.2, 0) is 6.54 Å². The molecule has 1 saturated heterocycles. The Balaban J connectivity index is 1.53. The van der Waals surface area contributed by atoms with Gasteiger partial charge in [0.15, 0.2) is 0 Å². The molecule has 0 spiro atoms. The Labute approximate surface area is 160 Å². The second-order valence-corrected chi connectivity index (χ2v) is 7.49. The van der Waals surface area contributed by atoms with E-state index in [-0.39, 0.29) is 6.03 Å². The monoisotopic (exact) mass is 371 g/mol. The molecule has 0 radical (unpaired) electrons. The molecule has 0 bridgehead atoms. The summed E-state index contributed by atoms with van der Waals surface area (Å²) in [6.45, 7) is 8.67. The van der Waals surface area contributed by atoms with E-state index in [1.54, 1.807) is 12.1 Å². The molecule has 2 aromatic carbocycles. The Morgan fingerprint density at radius 3 is 2.35 bits per heavy atom. The molecule has 26 heavy (non-hydrogen) atoms. The van der Waals surface area contributed by atoms with Gasteiger partial charge >= 0.3 is 6.03 Å². The van der Waals surface area contributed by atoms with Crippen molar-refractivity contribution in [1.29, 1.82) is 0 Å². The average Bonchev–Trinajstić information content (AvgIpc) is 2.64. The number of amides is 2. The van der Waals surface area contributed by atoms with Crippen molar-refractivity contribution in [2.24, 2.45) is 0 Å². The van der Waals surface area contributed by atoms with E-state index in [1.165, 1.54) is 11.1 Å². The summed E-state index contributed by atoms with van der Waals surface area (Å²) in [5.41, 5.74) is 3.57. The van der Waals surface area contributed by atoms with Crippen LogP contribution in [0.4, 0.5) is 10.5 Å². The Hall–Kier alpha value is -2.04. The van der Waals surface area contributed by atoms with Gasteiger partial charge in [-0.1, -0.05) is 49.7 Å². The molecular formula is C21H26ClN3O. The normalized spacial score (nSPS) is 15.3. The van der Waals surface area contributed by atoms with Gasteiger partial charge in [0.1, 0.15) is 0 Å². The van der Waals surface area contributed by atoms with Gasteiger partial charge in [0.25, 0.3) is 0 Å². The molecule has 1 fully saturated rings. The molecule has 1 heterocycles. The van der Waals surface area contributed by atoms with Crippen molar-refractivity contribution in [2.75, 3.05) is 31.5 Å². The smallest absolute Gasteiger partial charge is 0.321 e. The van der Waals surface area contributed by atoms with E-state index in [4.69, 9.17) is 11.6 Å². The van der Waals surface area contributed by atoms with Crippen molar-refractivity contribution in [2.45, 2.75) is 26.3 Å². The van der Waals surface area contributed by atoms with E-state index < -0.39 is 0 Å². The van der Waals surface area contributed by atoms with Crippen LogP contribution in [0.15, 0.2) is 48.5 Å². The highest BCUT2D eigenvalue weighted by Crippen LogP contribution is 2.21. The number of nitrogens with zero attached hydrogens (tertiary/aromatic N) is 2. The Morgan fingerprint density at radius 2 is 1.69 bits per heavy atom. The minimum absolute atomic E-state index is 0.0467. The number of nitrogens with one attached hydrogen (secondary N) is 1. The van der Waals surface area contributed by atoms with Crippen LogP contribution in [0.3, 0.4) is 0 Å². The zero-order valence-corrected chi connectivity index (χ0v) is 16.2. The first-order valence-corrected chi connectivity index (χ1v) is 9.52. The van der Waals surface area contributed by atoms with Crippen molar-refractivity contribution >= 4 is 23.3 Å². The molecule has 2 amide bonds. The summed E-state index contributed by atoms with van der Waals surface area (Å²) < 4.78 is 0. The van der Waals surface area contributed by atoms with Crippen LogP contribution in [-0.4, -0.2) is 42.0 Å². The molecule has 3 rings (SSSR count). The van der Waals surface area contributed by atoms with E-state index in [0.29, 0.717) is 10.9 Å². The lowest BCUT2D eigenvalue weighted by Gasteiger charge is -2.35. The number of rotatable bonds is 4. The van der Waals surface area contributed by atoms with Gasteiger partial charge in [-0.2, -0.15) is 0 Å². The van der Waals surface area contributed by atoms with Crippen LogP contribution in [0.2, 0.25) is 5.02 Å². The van der Waals surface area contributed by atoms with E-state index in [9.17, 15) is 4.79 Å². The molecule has 0 aromatic heterocycles. The van der Waals surface area contributed by atoms with Crippen molar-refractivity contribution in [3.63, 3.8) is 0 Å². The fourth-order valence-corrected chi connectivity index (χ4v) is 3.45. The summed E-state index contributed by atoms with van der Waals surface area (Å²) in [6, 6.07) is 15.8. The second-order valence-electron chi connectivity index (χ2n) is 7.05. The maximum Gasteiger partial charge on any atom is 0.321 e. The first kappa shape index (κ1) is 18.7. The summed E-state index contributed by atoms with van der Waals surface area (Å²) >= 11 is 5.88. The quantitative estimate of drug-likeness (QED) is 0.836. The van der Waals surface area contributed by atoms with E-state index in [0.717, 1.165) is 38.4 Å². The third-order valence-electron chi connectivity index (χ3n) is 4.83. The van der Waals surface area contributed by atoms with Gasteiger partial charge in [-0.15, -0.1) is 0 Å². The van der Waals surface area contributed by atoms with Crippen molar-refractivity contribution in [3.8, 4) is 0 Å². The third-order valence-corrected chi connectivity index (χ3v) is 5.08. The Kier molecular flexibility index (Phi) is 6.17. The lowest BCUT2D eigenvalue weighted by atomic mass is 9.97. The van der Waals surface area contributed by atoms with E-state index in [1.807, 2.05) is 17.0 Å². The fourth-order valence-electron chi connectivity index (χ4n) is 3.33. The number of carbonyl (C=O) groups excluding carboxylic acids is 1.